The molecule has 1 aliphatic rings. The molecule has 2 aromatic carbocycles. The first kappa shape index (κ1) is 44.5. The second-order valence-electron chi connectivity index (χ2n) is 15.5. The zero-order valence-corrected chi connectivity index (χ0v) is 33.6. The van der Waals surface area contributed by atoms with Gasteiger partial charge in [0.2, 0.25) is 5.91 Å². The number of unbranched alkanes of at least 4 members (excludes halogenated alkanes) is 2. The second-order valence-corrected chi connectivity index (χ2v) is 15.5. The minimum absolute atomic E-state index is 0.0466. The van der Waals surface area contributed by atoms with Gasteiger partial charge in [-0.15, -0.1) is 0 Å². The van der Waals surface area contributed by atoms with Crippen LogP contribution in [0.15, 0.2) is 60.7 Å². The summed E-state index contributed by atoms with van der Waals surface area (Å²) < 4.78 is 22.3. The lowest BCUT2D eigenvalue weighted by Crippen LogP contribution is -2.50. The Hall–Kier alpha value is -4.85. The van der Waals surface area contributed by atoms with Gasteiger partial charge in [-0.25, -0.2) is 14.4 Å². The van der Waals surface area contributed by atoms with Crippen LogP contribution < -0.4 is 5.32 Å². The number of hydrogen-bond acceptors (Lipinski definition) is 10. The third-order valence-corrected chi connectivity index (χ3v) is 8.44. The summed E-state index contributed by atoms with van der Waals surface area (Å²) in [5, 5.41) is 2.74. The molecule has 304 valence electrons. The van der Waals surface area contributed by atoms with Crippen molar-refractivity contribution in [1.29, 1.82) is 0 Å². The van der Waals surface area contributed by atoms with Gasteiger partial charge >= 0.3 is 24.2 Å². The van der Waals surface area contributed by atoms with Crippen molar-refractivity contribution in [2.24, 2.45) is 0 Å². The molecule has 14 heteroatoms. The lowest BCUT2D eigenvalue weighted by molar-refractivity contribution is -0.156. The van der Waals surface area contributed by atoms with E-state index >= 15 is 0 Å². The molecule has 0 bridgehead atoms. The van der Waals surface area contributed by atoms with Crippen molar-refractivity contribution in [1.82, 2.24) is 24.9 Å². The normalized spacial score (nSPS) is 14.9. The molecule has 1 heterocycles. The maximum Gasteiger partial charge on any atom is 0.410 e. The third-order valence-electron chi connectivity index (χ3n) is 8.44. The van der Waals surface area contributed by atoms with Gasteiger partial charge in [0.05, 0.1) is 6.54 Å². The Morgan fingerprint density at radius 1 is 0.582 bits per heavy atom. The quantitative estimate of drug-likeness (QED) is 0.159. The van der Waals surface area contributed by atoms with E-state index in [1.54, 1.807) is 56.2 Å². The highest BCUT2D eigenvalue weighted by atomic mass is 16.6. The number of benzene rings is 2. The fourth-order valence-electron chi connectivity index (χ4n) is 5.65. The Bertz CT molecular complexity index is 1420. The Labute approximate surface area is 326 Å². The largest absolute Gasteiger partial charge is 0.459 e. The summed E-state index contributed by atoms with van der Waals surface area (Å²) in [4.78, 5) is 72.2. The Morgan fingerprint density at radius 3 is 1.51 bits per heavy atom. The average molecular weight is 768 g/mol. The molecule has 0 aliphatic carbocycles. The first-order valence-corrected chi connectivity index (χ1v) is 19.2. The molecular formula is C41H61N5O9. The van der Waals surface area contributed by atoms with E-state index in [0.717, 1.165) is 11.1 Å². The smallest absolute Gasteiger partial charge is 0.410 e. The van der Waals surface area contributed by atoms with Gasteiger partial charge in [-0.2, -0.15) is 0 Å². The van der Waals surface area contributed by atoms with Gasteiger partial charge in [-0.3, -0.25) is 14.5 Å². The van der Waals surface area contributed by atoms with Crippen LogP contribution in [0.2, 0.25) is 0 Å². The van der Waals surface area contributed by atoms with Gasteiger partial charge in [0, 0.05) is 65.3 Å². The van der Waals surface area contributed by atoms with Crippen LogP contribution >= 0.6 is 0 Å². The molecule has 0 spiro atoms. The summed E-state index contributed by atoms with van der Waals surface area (Å²) in [5.74, 6) is -0.535. The average Bonchev–Trinajstić information content (AvgIpc) is 3.11. The number of ether oxygens (including phenoxy) is 4. The Kier molecular flexibility index (Phi) is 18.2. The molecule has 55 heavy (non-hydrogen) atoms. The van der Waals surface area contributed by atoms with Crippen LogP contribution in [0.1, 0.15) is 78.4 Å². The topological polar surface area (TPSA) is 147 Å². The Balaban J connectivity index is 1.74. The van der Waals surface area contributed by atoms with Gasteiger partial charge in [0.15, 0.2) is 0 Å². The number of carbonyl (C=O) groups is 5. The van der Waals surface area contributed by atoms with Crippen molar-refractivity contribution in [3.63, 3.8) is 0 Å². The van der Waals surface area contributed by atoms with Gasteiger partial charge in [-0.05, 0) is 65.5 Å². The molecule has 0 aromatic heterocycles. The van der Waals surface area contributed by atoms with E-state index < -0.39 is 35.5 Å². The highest BCUT2D eigenvalue weighted by Gasteiger charge is 2.26. The molecule has 1 fully saturated rings. The standard InChI is InChI=1S/C41H61N5O9/c1-40(2,3)54-36(48)30-43-22-24-45(38(50)52-31-33-16-10-7-11-17-33)28-26-44(35(47)20-14-9-15-21-42-37(49)55-41(4,5)6)27-29-46(25-23-43)39(51)53-32-34-18-12-8-13-19-34/h7-8,10-13,16-19H,9,14-15,20-32H2,1-6H3,(H,42,49). The van der Waals surface area contributed by atoms with Crippen LogP contribution in [0.25, 0.3) is 0 Å². The van der Waals surface area contributed by atoms with E-state index in [1.807, 2.05) is 65.6 Å². The number of carbonyl (C=O) groups excluding carboxylic acids is 5. The number of esters is 1. The fraction of sp³-hybridized carbons (Fsp3) is 0.585. The van der Waals surface area contributed by atoms with Crippen LogP contribution in [-0.2, 0) is 41.8 Å². The second kappa shape index (κ2) is 22.5. The molecule has 4 amide bonds. The summed E-state index contributed by atoms with van der Waals surface area (Å²) in [6.07, 6.45) is 0.689. The maximum absolute atomic E-state index is 13.7. The van der Waals surface area contributed by atoms with Crippen molar-refractivity contribution in [2.75, 3.05) is 65.4 Å². The number of nitrogens with zero attached hydrogens (tertiary/aromatic N) is 4. The molecular weight excluding hydrogens is 706 g/mol. The van der Waals surface area contributed by atoms with Crippen LogP contribution in [-0.4, -0.2) is 126 Å². The zero-order chi connectivity index (χ0) is 40.3. The maximum atomic E-state index is 13.7. The minimum Gasteiger partial charge on any atom is -0.459 e. The number of rotatable bonds is 12. The highest BCUT2D eigenvalue weighted by Crippen LogP contribution is 2.12. The number of hydrogen-bond donors (Lipinski definition) is 1. The Morgan fingerprint density at radius 2 is 1.04 bits per heavy atom. The molecule has 0 radical (unpaired) electrons. The van der Waals surface area contributed by atoms with Crippen molar-refractivity contribution < 1.29 is 42.9 Å². The molecule has 0 unspecified atom stereocenters. The summed E-state index contributed by atoms with van der Waals surface area (Å²) in [6.45, 7) is 13.1. The van der Waals surface area contributed by atoms with Crippen molar-refractivity contribution in [3.8, 4) is 0 Å². The van der Waals surface area contributed by atoms with E-state index in [4.69, 9.17) is 18.9 Å². The predicted octanol–water partition coefficient (Wildman–Crippen LogP) is 5.84. The molecule has 2 aromatic rings. The summed E-state index contributed by atoms with van der Waals surface area (Å²) in [7, 11) is 0. The monoisotopic (exact) mass is 767 g/mol. The first-order valence-electron chi connectivity index (χ1n) is 19.2. The van der Waals surface area contributed by atoms with Gasteiger partial charge < -0.3 is 39.0 Å². The molecule has 3 rings (SSSR count). The van der Waals surface area contributed by atoms with Crippen molar-refractivity contribution in [2.45, 2.75) is 91.6 Å². The van der Waals surface area contributed by atoms with Crippen molar-refractivity contribution in [3.05, 3.63) is 71.8 Å². The molecule has 14 nitrogen and oxygen atoms in total. The molecule has 0 atom stereocenters. The molecule has 1 saturated heterocycles. The predicted molar refractivity (Wildman–Crippen MR) is 208 cm³/mol. The van der Waals surface area contributed by atoms with Crippen LogP contribution in [0.3, 0.4) is 0 Å². The fourth-order valence-corrected chi connectivity index (χ4v) is 5.65. The minimum atomic E-state index is -0.683. The zero-order valence-electron chi connectivity index (χ0n) is 33.6. The number of amides is 4. The highest BCUT2D eigenvalue weighted by molar-refractivity contribution is 5.76. The summed E-state index contributed by atoms with van der Waals surface area (Å²) in [5.41, 5.74) is 0.417. The van der Waals surface area contributed by atoms with E-state index in [0.29, 0.717) is 25.8 Å². The summed E-state index contributed by atoms with van der Waals surface area (Å²) >= 11 is 0. The van der Waals surface area contributed by atoms with Gasteiger partial charge in [-0.1, -0.05) is 67.1 Å². The third kappa shape index (κ3) is 18.8. The van der Waals surface area contributed by atoms with E-state index in [-0.39, 0.29) is 84.4 Å². The van der Waals surface area contributed by atoms with Crippen LogP contribution in [0, 0.1) is 0 Å². The molecule has 0 saturated carbocycles. The molecule has 1 N–H and O–H groups in total. The van der Waals surface area contributed by atoms with Crippen LogP contribution in [0.4, 0.5) is 14.4 Å². The van der Waals surface area contributed by atoms with Gasteiger partial charge in [0.1, 0.15) is 24.4 Å². The van der Waals surface area contributed by atoms with Crippen molar-refractivity contribution >= 4 is 30.2 Å². The lowest BCUT2D eigenvalue weighted by atomic mass is 10.1. The van der Waals surface area contributed by atoms with E-state index in [9.17, 15) is 24.0 Å². The SMILES string of the molecule is CC(C)(C)OC(=O)CN1CCN(C(=O)OCc2ccccc2)CCN(C(=O)CCCCCNC(=O)OC(C)(C)C)CCN(C(=O)OCc2ccccc2)CC1. The first-order chi connectivity index (χ1) is 26.1. The van der Waals surface area contributed by atoms with E-state index in [1.165, 1.54) is 0 Å². The van der Waals surface area contributed by atoms with E-state index in [2.05, 4.69) is 5.32 Å². The van der Waals surface area contributed by atoms with Gasteiger partial charge in [0.25, 0.3) is 0 Å². The molecule has 1 aliphatic heterocycles. The number of nitrogens with one attached hydrogen (secondary N) is 1. The summed E-state index contributed by atoms with van der Waals surface area (Å²) in [6, 6.07) is 18.7. The lowest BCUT2D eigenvalue weighted by Gasteiger charge is -2.34. The number of alkyl carbamates (subject to hydrolysis) is 1. The van der Waals surface area contributed by atoms with Crippen LogP contribution in [0.5, 0.6) is 0 Å².